The molecule has 1 atom stereocenters. The number of carbonyl (C=O) groups is 1. The van der Waals surface area contributed by atoms with Crippen molar-refractivity contribution >= 4 is 23.3 Å². The molecule has 2 N–H and O–H groups in total. The summed E-state index contributed by atoms with van der Waals surface area (Å²) in [7, 11) is 0. The summed E-state index contributed by atoms with van der Waals surface area (Å²) in [6.45, 7) is 7.72. The van der Waals surface area contributed by atoms with Crippen molar-refractivity contribution in [3.8, 4) is 0 Å². The molecular weight excluding hydrogens is 248 g/mol. The Balaban J connectivity index is 2.45. The number of carbonyl (C=O) groups excluding carboxylic acids is 1. The molecule has 4 nitrogen and oxygen atoms in total. The van der Waals surface area contributed by atoms with Crippen LogP contribution < -0.4 is 5.32 Å². The van der Waals surface area contributed by atoms with E-state index in [9.17, 15) is 9.90 Å². The van der Waals surface area contributed by atoms with Gasteiger partial charge in [0.2, 0.25) is 5.91 Å². The van der Waals surface area contributed by atoms with Gasteiger partial charge in [0.25, 0.3) is 0 Å². The van der Waals surface area contributed by atoms with Crippen LogP contribution in [0.4, 0.5) is 0 Å². The van der Waals surface area contributed by atoms with E-state index in [0.29, 0.717) is 0 Å². The zero-order chi connectivity index (χ0) is 13.8. The minimum atomic E-state index is -0.884. The molecule has 0 aromatic carbocycles. The van der Waals surface area contributed by atoms with Gasteiger partial charge >= 0.3 is 0 Å². The standard InChI is InChI=1S/C13H20N2O2S/c1-9(2)13(4,17)8-15-12(16)6-5-11-7-14-10(3)18-11/h5-7,9,17H,8H2,1-4H3,(H,15,16). The predicted octanol–water partition coefficient (Wildman–Crippen LogP) is 1.99. The number of nitrogens with zero attached hydrogens (tertiary/aromatic N) is 1. The van der Waals surface area contributed by atoms with Gasteiger partial charge in [-0.25, -0.2) is 4.98 Å². The third-order valence-electron chi connectivity index (χ3n) is 2.90. The number of aliphatic hydroxyl groups is 1. The fourth-order valence-electron chi connectivity index (χ4n) is 1.14. The van der Waals surface area contributed by atoms with E-state index in [1.165, 1.54) is 17.4 Å². The number of hydrogen-bond acceptors (Lipinski definition) is 4. The van der Waals surface area contributed by atoms with Crippen LogP contribution in [-0.4, -0.2) is 28.1 Å². The second-order valence-corrected chi connectivity index (χ2v) is 6.11. The van der Waals surface area contributed by atoms with Crippen LogP contribution in [0.25, 0.3) is 6.08 Å². The molecule has 0 saturated heterocycles. The first-order chi connectivity index (χ1) is 8.31. The van der Waals surface area contributed by atoms with Crippen LogP contribution in [0.5, 0.6) is 0 Å². The van der Waals surface area contributed by atoms with Gasteiger partial charge in [0.1, 0.15) is 0 Å². The van der Waals surface area contributed by atoms with E-state index in [1.807, 2.05) is 20.8 Å². The highest BCUT2D eigenvalue weighted by atomic mass is 32.1. The fraction of sp³-hybridized carbons (Fsp3) is 0.538. The van der Waals surface area contributed by atoms with Gasteiger partial charge in [-0.2, -0.15) is 0 Å². The molecule has 1 aromatic heterocycles. The number of nitrogens with one attached hydrogen (secondary N) is 1. The van der Waals surface area contributed by atoms with Crippen LogP contribution in [0.3, 0.4) is 0 Å². The summed E-state index contributed by atoms with van der Waals surface area (Å²) in [5.41, 5.74) is -0.884. The van der Waals surface area contributed by atoms with Crippen molar-refractivity contribution in [2.24, 2.45) is 5.92 Å². The maximum absolute atomic E-state index is 11.6. The Morgan fingerprint density at radius 2 is 2.33 bits per heavy atom. The molecule has 0 saturated carbocycles. The quantitative estimate of drug-likeness (QED) is 0.803. The van der Waals surface area contributed by atoms with Gasteiger partial charge in [-0.05, 0) is 25.8 Å². The summed E-state index contributed by atoms with van der Waals surface area (Å²) >= 11 is 1.53. The largest absolute Gasteiger partial charge is 0.388 e. The molecule has 100 valence electrons. The molecule has 0 aliphatic heterocycles. The highest BCUT2D eigenvalue weighted by Crippen LogP contribution is 2.15. The van der Waals surface area contributed by atoms with Crippen molar-refractivity contribution in [2.75, 3.05) is 6.54 Å². The minimum absolute atomic E-state index is 0.0888. The molecule has 1 unspecified atom stereocenters. The first kappa shape index (κ1) is 14.9. The lowest BCUT2D eigenvalue weighted by molar-refractivity contribution is -0.118. The maximum atomic E-state index is 11.6. The van der Waals surface area contributed by atoms with Crippen LogP contribution in [0.1, 0.15) is 30.7 Å². The number of hydrogen-bond donors (Lipinski definition) is 2. The molecular formula is C13H20N2O2S. The molecule has 18 heavy (non-hydrogen) atoms. The smallest absolute Gasteiger partial charge is 0.244 e. The van der Waals surface area contributed by atoms with Crippen molar-refractivity contribution in [3.05, 3.63) is 22.2 Å². The van der Waals surface area contributed by atoms with E-state index in [2.05, 4.69) is 10.3 Å². The lowest BCUT2D eigenvalue weighted by atomic mass is 9.92. The minimum Gasteiger partial charge on any atom is -0.388 e. The fourth-order valence-corrected chi connectivity index (χ4v) is 1.83. The maximum Gasteiger partial charge on any atom is 0.244 e. The zero-order valence-corrected chi connectivity index (χ0v) is 12.0. The highest BCUT2D eigenvalue weighted by molar-refractivity contribution is 7.12. The Labute approximate surface area is 112 Å². The lowest BCUT2D eigenvalue weighted by Crippen LogP contribution is -2.43. The van der Waals surface area contributed by atoms with Crippen LogP contribution in [0.15, 0.2) is 12.3 Å². The summed E-state index contributed by atoms with van der Waals surface area (Å²) < 4.78 is 0. The van der Waals surface area contributed by atoms with E-state index in [1.54, 1.807) is 19.2 Å². The van der Waals surface area contributed by atoms with Gasteiger partial charge < -0.3 is 10.4 Å². The van der Waals surface area contributed by atoms with Gasteiger partial charge in [0.15, 0.2) is 0 Å². The van der Waals surface area contributed by atoms with Crippen LogP contribution in [-0.2, 0) is 4.79 Å². The summed E-state index contributed by atoms with van der Waals surface area (Å²) in [5, 5.41) is 13.6. The molecule has 0 aliphatic carbocycles. The Hall–Kier alpha value is -1.20. The Morgan fingerprint density at radius 3 is 2.83 bits per heavy atom. The summed E-state index contributed by atoms with van der Waals surface area (Å²) in [6, 6.07) is 0. The van der Waals surface area contributed by atoms with Crippen molar-refractivity contribution in [3.63, 3.8) is 0 Å². The molecule has 0 bridgehead atoms. The molecule has 0 spiro atoms. The topological polar surface area (TPSA) is 62.2 Å². The third-order valence-corrected chi connectivity index (χ3v) is 3.78. The Kier molecular flexibility index (Phi) is 5.04. The highest BCUT2D eigenvalue weighted by Gasteiger charge is 2.24. The van der Waals surface area contributed by atoms with E-state index in [4.69, 9.17) is 0 Å². The molecule has 1 rings (SSSR count). The number of thiazole rings is 1. The Morgan fingerprint density at radius 1 is 1.67 bits per heavy atom. The molecule has 1 aromatic rings. The molecule has 1 heterocycles. The SMILES string of the molecule is Cc1ncc(C=CC(=O)NCC(C)(O)C(C)C)s1. The average molecular weight is 268 g/mol. The van der Waals surface area contributed by atoms with Gasteiger partial charge in [0, 0.05) is 23.7 Å². The predicted molar refractivity (Wildman–Crippen MR) is 74.4 cm³/mol. The number of aryl methyl sites for hydroxylation is 1. The van der Waals surface area contributed by atoms with Gasteiger partial charge in [-0.3, -0.25) is 4.79 Å². The first-order valence-corrected chi connectivity index (χ1v) is 6.73. The van der Waals surface area contributed by atoms with E-state index in [0.717, 1.165) is 9.88 Å². The Bertz CT molecular complexity index is 436. The van der Waals surface area contributed by atoms with Gasteiger partial charge in [-0.1, -0.05) is 13.8 Å². The molecule has 0 fully saturated rings. The molecule has 5 heteroatoms. The second kappa shape index (κ2) is 6.11. The van der Waals surface area contributed by atoms with Crippen molar-refractivity contribution in [2.45, 2.75) is 33.3 Å². The second-order valence-electron chi connectivity index (χ2n) is 4.84. The van der Waals surface area contributed by atoms with E-state index in [-0.39, 0.29) is 18.4 Å². The molecule has 0 aliphatic rings. The number of rotatable bonds is 5. The van der Waals surface area contributed by atoms with E-state index < -0.39 is 5.60 Å². The zero-order valence-electron chi connectivity index (χ0n) is 11.2. The van der Waals surface area contributed by atoms with Gasteiger partial charge in [-0.15, -0.1) is 11.3 Å². The first-order valence-electron chi connectivity index (χ1n) is 5.92. The third kappa shape index (κ3) is 4.58. The van der Waals surface area contributed by atoms with Crippen LogP contribution in [0, 0.1) is 12.8 Å². The summed E-state index contributed by atoms with van der Waals surface area (Å²) in [6.07, 6.45) is 4.92. The normalized spacial score (nSPS) is 15.0. The summed E-state index contributed by atoms with van der Waals surface area (Å²) in [5.74, 6) is -0.118. The van der Waals surface area contributed by atoms with Crippen molar-refractivity contribution < 1.29 is 9.90 Å². The van der Waals surface area contributed by atoms with Crippen LogP contribution >= 0.6 is 11.3 Å². The lowest BCUT2D eigenvalue weighted by Gasteiger charge is -2.27. The number of aromatic nitrogens is 1. The molecule has 0 radical (unpaired) electrons. The van der Waals surface area contributed by atoms with Crippen molar-refractivity contribution in [1.82, 2.24) is 10.3 Å². The monoisotopic (exact) mass is 268 g/mol. The number of amides is 1. The summed E-state index contributed by atoms with van der Waals surface area (Å²) in [4.78, 5) is 16.6. The van der Waals surface area contributed by atoms with Crippen molar-refractivity contribution in [1.29, 1.82) is 0 Å². The average Bonchev–Trinajstić information content (AvgIpc) is 2.69. The van der Waals surface area contributed by atoms with Crippen LogP contribution in [0.2, 0.25) is 0 Å². The van der Waals surface area contributed by atoms with Gasteiger partial charge in [0.05, 0.1) is 10.6 Å². The molecule has 1 amide bonds. The van der Waals surface area contributed by atoms with E-state index >= 15 is 0 Å².